The third kappa shape index (κ3) is 3.58. The number of anilines is 2. The highest BCUT2D eigenvalue weighted by molar-refractivity contribution is 7.98. The highest BCUT2D eigenvalue weighted by Gasteiger charge is 2.53. The molecule has 0 bridgehead atoms. The molecule has 3 heterocycles. The van der Waals surface area contributed by atoms with Crippen LogP contribution in [0.15, 0.2) is 59.6 Å². The Balaban J connectivity index is 1.36. The first-order chi connectivity index (χ1) is 16.4. The number of aromatic nitrogens is 3. The van der Waals surface area contributed by atoms with E-state index in [4.69, 9.17) is 5.10 Å². The third-order valence-corrected chi connectivity index (χ3v) is 7.58. The topological polar surface area (TPSA) is 37.2 Å². The van der Waals surface area contributed by atoms with Crippen molar-refractivity contribution in [2.75, 3.05) is 29.4 Å². The highest BCUT2D eigenvalue weighted by atomic mass is 32.2. The molecule has 5 nitrogen and oxygen atoms in total. The quantitative estimate of drug-likeness (QED) is 0.381. The van der Waals surface area contributed by atoms with Gasteiger partial charge < -0.3 is 9.80 Å². The van der Waals surface area contributed by atoms with Crippen molar-refractivity contribution in [3.05, 3.63) is 77.7 Å². The van der Waals surface area contributed by atoms with Crippen LogP contribution in [0.5, 0.6) is 0 Å². The van der Waals surface area contributed by atoms with Crippen LogP contribution in [0.3, 0.4) is 0 Å². The molecule has 2 aliphatic rings. The number of hydrogen-bond donors (Lipinski definition) is 0. The Kier molecular flexibility index (Phi) is 4.98. The molecule has 4 aromatic rings. The number of hydrogen-bond acceptors (Lipinski definition) is 5. The molecule has 1 aliphatic carbocycles. The molecule has 1 spiro atoms. The molecule has 1 saturated heterocycles. The molecule has 174 valence electrons. The average molecular weight is 482 g/mol. The van der Waals surface area contributed by atoms with Gasteiger partial charge in [0.05, 0.1) is 22.6 Å². The fourth-order valence-corrected chi connectivity index (χ4v) is 5.57. The van der Waals surface area contributed by atoms with Crippen molar-refractivity contribution < 1.29 is 13.2 Å². The van der Waals surface area contributed by atoms with E-state index in [2.05, 4.69) is 9.88 Å². The van der Waals surface area contributed by atoms with Gasteiger partial charge in [-0.15, -0.1) is 5.10 Å². The lowest BCUT2D eigenvalue weighted by Gasteiger charge is -2.43. The van der Waals surface area contributed by atoms with Crippen LogP contribution in [-0.2, 0) is 0 Å². The van der Waals surface area contributed by atoms with Gasteiger partial charge >= 0.3 is 0 Å². The average Bonchev–Trinajstić information content (AvgIpc) is 3.47. The first-order valence-electron chi connectivity index (χ1n) is 11.2. The fraction of sp³-hybridized carbons (Fsp3) is 0.280. The van der Waals surface area contributed by atoms with Crippen molar-refractivity contribution in [3.8, 4) is 0 Å². The molecule has 6 rings (SSSR count). The van der Waals surface area contributed by atoms with Gasteiger partial charge in [0.1, 0.15) is 11.6 Å². The Morgan fingerprint density at radius 2 is 1.74 bits per heavy atom. The number of rotatable bonds is 4. The normalized spacial score (nSPS) is 17.1. The molecule has 2 aromatic carbocycles. The number of fused-ring (bicyclic) bond motifs is 1. The van der Waals surface area contributed by atoms with Crippen LogP contribution in [0.4, 0.5) is 24.8 Å². The van der Waals surface area contributed by atoms with E-state index in [9.17, 15) is 8.78 Å². The molecule has 1 saturated carbocycles. The summed E-state index contributed by atoms with van der Waals surface area (Å²) in [6.45, 7) is 3.57. The van der Waals surface area contributed by atoms with Crippen molar-refractivity contribution in [2.45, 2.75) is 30.2 Å². The van der Waals surface area contributed by atoms with Crippen LogP contribution >= 0.6 is 11.9 Å². The summed E-state index contributed by atoms with van der Waals surface area (Å²) in [6, 6.07) is 14.0. The summed E-state index contributed by atoms with van der Waals surface area (Å²) in [6.07, 6.45) is 2.82. The maximum atomic E-state index is 15.1. The van der Waals surface area contributed by atoms with E-state index in [0.29, 0.717) is 36.4 Å². The second-order valence-corrected chi connectivity index (χ2v) is 9.99. The lowest BCUT2D eigenvalue weighted by molar-refractivity contribution is 0.490. The molecule has 2 fully saturated rings. The molecule has 0 N–H and O–H groups in total. The zero-order valence-corrected chi connectivity index (χ0v) is 19.3. The minimum absolute atomic E-state index is 0.156. The van der Waals surface area contributed by atoms with E-state index in [1.807, 2.05) is 42.2 Å². The van der Waals surface area contributed by atoms with Crippen molar-refractivity contribution in [1.29, 1.82) is 0 Å². The number of nitrogens with zero attached hydrogens (tertiary/aromatic N) is 5. The van der Waals surface area contributed by atoms with Gasteiger partial charge in [0.2, 0.25) is 0 Å². The van der Waals surface area contributed by atoms with Crippen LogP contribution in [0, 0.1) is 24.4 Å². The van der Waals surface area contributed by atoms with Gasteiger partial charge in [-0.2, -0.15) is 4.09 Å². The van der Waals surface area contributed by atoms with E-state index in [0.717, 1.165) is 30.0 Å². The van der Waals surface area contributed by atoms with Crippen LogP contribution in [0.1, 0.15) is 18.4 Å². The lowest BCUT2D eigenvalue weighted by atomic mass is 10.1. The molecule has 0 unspecified atom stereocenters. The van der Waals surface area contributed by atoms with Crippen molar-refractivity contribution in [2.24, 2.45) is 0 Å². The molecule has 2 aromatic heterocycles. The standard InChI is InChI=1S/C25H22F3N5S/c1-16-5-7-18(8-6-16)34-33-21-4-2-3-19(27)22(21)24(30-33)32-12-11-31(15-25(32)9-10-25)23-20(28)13-17(26)14-29-23/h2-8,13-14H,9-12,15H2,1H3. The predicted octanol–water partition coefficient (Wildman–Crippen LogP) is 5.57. The monoisotopic (exact) mass is 481 g/mol. The van der Waals surface area contributed by atoms with Crippen LogP contribution in [0.2, 0.25) is 0 Å². The summed E-state index contributed by atoms with van der Waals surface area (Å²) < 4.78 is 44.6. The molecule has 9 heteroatoms. The SMILES string of the molecule is Cc1ccc(Sn2nc(N3CCN(c4ncc(F)cc4F)CC34CC4)c3c(F)cccc32)cc1. The molecule has 1 aliphatic heterocycles. The second kappa shape index (κ2) is 7.94. The predicted molar refractivity (Wildman–Crippen MR) is 128 cm³/mol. The summed E-state index contributed by atoms with van der Waals surface area (Å²) in [5.41, 5.74) is 1.61. The molecule has 0 amide bonds. The van der Waals surface area contributed by atoms with E-state index in [1.165, 1.54) is 23.6 Å². The number of halogens is 3. The summed E-state index contributed by atoms with van der Waals surface area (Å²) in [5.74, 6) is -0.909. The Bertz CT molecular complexity index is 1380. The molecule has 34 heavy (non-hydrogen) atoms. The van der Waals surface area contributed by atoms with Gasteiger partial charge in [-0.3, -0.25) is 0 Å². The van der Waals surface area contributed by atoms with Gasteiger partial charge in [-0.1, -0.05) is 23.8 Å². The number of aryl methyl sites for hydroxylation is 1. The Morgan fingerprint density at radius 1 is 0.941 bits per heavy atom. The van der Waals surface area contributed by atoms with E-state index in [1.54, 1.807) is 10.2 Å². The van der Waals surface area contributed by atoms with E-state index in [-0.39, 0.29) is 17.2 Å². The number of pyridine rings is 1. The Hall–Kier alpha value is -3.20. The van der Waals surface area contributed by atoms with Crippen molar-refractivity contribution in [1.82, 2.24) is 14.2 Å². The van der Waals surface area contributed by atoms with Gasteiger partial charge in [-0.25, -0.2) is 18.2 Å². The second-order valence-electron chi connectivity index (χ2n) is 8.99. The van der Waals surface area contributed by atoms with Gasteiger partial charge in [0.25, 0.3) is 0 Å². The zero-order chi connectivity index (χ0) is 23.4. The first kappa shape index (κ1) is 21.3. The van der Waals surface area contributed by atoms with Gasteiger partial charge in [0, 0.05) is 42.5 Å². The maximum Gasteiger partial charge on any atom is 0.168 e. The van der Waals surface area contributed by atoms with Crippen molar-refractivity contribution >= 4 is 34.5 Å². The maximum absolute atomic E-state index is 15.1. The minimum atomic E-state index is -0.695. The van der Waals surface area contributed by atoms with Crippen LogP contribution in [-0.4, -0.2) is 39.3 Å². The smallest absolute Gasteiger partial charge is 0.168 e. The fourth-order valence-electron chi connectivity index (χ4n) is 4.74. The summed E-state index contributed by atoms with van der Waals surface area (Å²) in [5, 5.41) is 5.36. The summed E-state index contributed by atoms with van der Waals surface area (Å²) in [7, 11) is 0. The van der Waals surface area contributed by atoms with Crippen LogP contribution < -0.4 is 9.80 Å². The largest absolute Gasteiger partial charge is 0.350 e. The molecule has 0 radical (unpaired) electrons. The Labute approximate surface area is 199 Å². The van der Waals surface area contributed by atoms with Gasteiger partial charge in [0.15, 0.2) is 17.5 Å². The van der Waals surface area contributed by atoms with Crippen molar-refractivity contribution in [3.63, 3.8) is 0 Å². The molecular formula is C25H22F3N5S. The first-order valence-corrected chi connectivity index (χ1v) is 12.0. The zero-order valence-electron chi connectivity index (χ0n) is 18.5. The third-order valence-electron chi connectivity index (χ3n) is 6.64. The van der Waals surface area contributed by atoms with E-state index < -0.39 is 11.6 Å². The lowest BCUT2D eigenvalue weighted by Crippen LogP contribution is -2.56. The minimum Gasteiger partial charge on any atom is -0.350 e. The summed E-state index contributed by atoms with van der Waals surface area (Å²) in [4.78, 5) is 9.02. The highest BCUT2D eigenvalue weighted by Crippen LogP contribution is 2.49. The number of piperazine rings is 1. The molecular weight excluding hydrogens is 459 g/mol. The Morgan fingerprint density at radius 3 is 2.47 bits per heavy atom. The van der Waals surface area contributed by atoms with Gasteiger partial charge in [-0.05, 0) is 44.0 Å². The summed E-state index contributed by atoms with van der Waals surface area (Å²) >= 11 is 1.45. The van der Waals surface area contributed by atoms with E-state index >= 15 is 4.39 Å². The van der Waals surface area contributed by atoms with Crippen LogP contribution in [0.25, 0.3) is 10.9 Å². The number of benzene rings is 2. The molecule has 0 atom stereocenters.